The van der Waals surface area contributed by atoms with Gasteiger partial charge in [0.05, 0.1) is 28.0 Å². The highest BCUT2D eigenvalue weighted by molar-refractivity contribution is 7.80. The number of benzene rings is 2. The summed E-state index contributed by atoms with van der Waals surface area (Å²) in [5.74, 6) is 0.731. The zero-order valence-corrected chi connectivity index (χ0v) is 13.6. The van der Waals surface area contributed by atoms with Crippen molar-refractivity contribution in [1.82, 2.24) is 0 Å². The fourth-order valence-electron chi connectivity index (χ4n) is 1.74. The summed E-state index contributed by atoms with van der Waals surface area (Å²) in [4.78, 5) is 0. The third kappa shape index (κ3) is 4.24. The smallest absolute Gasteiger partial charge is 0.175 e. The minimum Gasteiger partial charge on any atom is -0.492 e. The van der Waals surface area contributed by atoms with Crippen molar-refractivity contribution in [2.75, 3.05) is 17.2 Å². The lowest BCUT2D eigenvalue weighted by Crippen LogP contribution is -2.20. The molecule has 0 bridgehead atoms. The van der Waals surface area contributed by atoms with Crippen molar-refractivity contribution in [3.63, 3.8) is 0 Å². The van der Waals surface area contributed by atoms with Crippen LogP contribution in [0, 0.1) is 0 Å². The van der Waals surface area contributed by atoms with Crippen LogP contribution in [0.3, 0.4) is 0 Å². The van der Waals surface area contributed by atoms with Gasteiger partial charge in [-0.1, -0.05) is 41.4 Å². The first-order valence-electron chi connectivity index (χ1n) is 6.35. The Morgan fingerprint density at radius 2 is 1.71 bits per heavy atom. The van der Waals surface area contributed by atoms with Crippen LogP contribution in [-0.4, -0.2) is 11.7 Å². The van der Waals surface area contributed by atoms with E-state index >= 15 is 0 Å². The van der Waals surface area contributed by atoms with E-state index in [9.17, 15) is 0 Å². The van der Waals surface area contributed by atoms with E-state index in [2.05, 4.69) is 10.6 Å². The zero-order chi connectivity index (χ0) is 15.2. The summed E-state index contributed by atoms with van der Waals surface area (Å²) in [6, 6.07) is 12.8. The number of nitrogens with one attached hydrogen (secondary N) is 2. The van der Waals surface area contributed by atoms with Gasteiger partial charge in [-0.15, -0.1) is 0 Å². The summed E-state index contributed by atoms with van der Waals surface area (Å²) >= 11 is 17.5. The molecule has 2 aromatic rings. The molecule has 0 fully saturated rings. The Labute approximate surface area is 139 Å². The van der Waals surface area contributed by atoms with E-state index in [1.165, 1.54) is 0 Å². The maximum absolute atomic E-state index is 6.10. The Hall–Kier alpha value is -1.49. The van der Waals surface area contributed by atoms with Crippen LogP contribution in [0.25, 0.3) is 0 Å². The van der Waals surface area contributed by atoms with Crippen molar-refractivity contribution >= 4 is 51.9 Å². The van der Waals surface area contributed by atoms with Crippen LogP contribution >= 0.6 is 35.4 Å². The molecule has 2 N–H and O–H groups in total. The number of hydrogen-bond acceptors (Lipinski definition) is 2. The quantitative estimate of drug-likeness (QED) is 0.749. The van der Waals surface area contributed by atoms with Crippen LogP contribution in [-0.2, 0) is 0 Å². The lowest BCUT2D eigenvalue weighted by Gasteiger charge is -2.15. The SMILES string of the molecule is CCOc1ccccc1NC(=S)Nc1c(Cl)cccc1Cl. The van der Waals surface area contributed by atoms with Gasteiger partial charge in [0, 0.05) is 0 Å². The third-order valence-electron chi connectivity index (χ3n) is 2.64. The van der Waals surface area contributed by atoms with Crippen LogP contribution in [0.4, 0.5) is 11.4 Å². The standard InChI is InChI=1S/C15H14Cl2N2OS/c1-2-20-13-9-4-3-8-12(13)18-15(21)19-14-10(16)6-5-7-11(14)17/h3-9H,2H2,1H3,(H2,18,19,21). The molecule has 0 aromatic heterocycles. The molecule has 0 amide bonds. The van der Waals surface area contributed by atoms with Gasteiger partial charge in [-0.3, -0.25) is 0 Å². The molecule has 110 valence electrons. The summed E-state index contributed by atoms with van der Waals surface area (Å²) in [6.45, 7) is 2.51. The molecule has 0 saturated carbocycles. The van der Waals surface area contributed by atoms with Crippen LogP contribution in [0.15, 0.2) is 42.5 Å². The Kier molecular flexibility index (Phi) is 5.67. The molecular weight excluding hydrogens is 327 g/mol. The molecule has 0 atom stereocenters. The van der Waals surface area contributed by atoms with Crippen molar-refractivity contribution in [1.29, 1.82) is 0 Å². The monoisotopic (exact) mass is 340 g/mol. The summed E-state index contributed by atoms with van der Waals surface area (Å²) in [7, 11) is 0. The molecule has 2 aromatic carbocycles. The molecule has 0 unspecified atom stereocenters. The van der Waals surface area contributed by atoms with E-state index in [0.29, 0.717) is 27.5 Å². The molecule has 3 nitrogen and oxygen atoms in total. The van der Waals surface area contributed by atoms with Gasteiger partial charge in [-0.2, -0.15) is 0 Å². The van der Waals surface area contributed by atoms with Gasteiger partial charge in [0.15, 0.2) is 5.11 Å². The lowest BCUT2D eigenvalue weighted by atomic mass is 10.3. The maximum Gasteiger partial charge on any atom is 0.175 e. The largest absolute Gasteiger partial charge is 0.492 e. The van der Waals surface area contributed by atoms with Crippen LogP contribution in [0.2, 0.25) is 10.0 Å². The second kappa shape index (κ2) is 7.50. The van der Waals surface area contributed by atoms with Gasteiger partial charge < -0.3 is 15.4 Å². The Balaban J connectivity index is 2.12. The molecular formula is C15H14Cl2N2OS. The predicted octanol–water partition coefficient (Wildman–Crippen LogP) is 5.20. The first-order valence-corrected chi connectivity index (χ1v) is 7.52. The van der Waals surface area contributed by atoms with Gasteiger partial charge in [-0.25, -0.2) is 0 Å². The van der Waals surface area contributed by atoms with Gasteiger partial charge in [0.1, 0.15) is 5.75 Å². The number of rotatable bonds is 4. The molecule has 0 aliphatic rings. The van der Waals surface area contributed by atoms with E-state index < -0.39 is 0 Å². The minimum absolute atomic E-state index is 0.386. The normalized spacial score (nSPS) is 10.0. The fraction of sp³-hybridized carbons (Fsp3) is 0.133. The molecule has 21 heavy (non-hydrogen) atoms. The topological polar surface area (TPSA) is 33.3 Å². The van der Waals surface area contributed by atoms with Crippen LogP contribution < -0.4 is 15.4 Å². The van der Waals surface area contributed by atoms with E-state index in [1.807, 2.05) is 31.2 Å². The number of thiocarbonyl (C=S) groups is 1. The average Bonchev–Trinajstić information content (AvgIpc) is 2.45. The lowest BCUT2D eigenvalue weighted by molar-refractivity contribution is 0.342. The van der Waals surface area contributed by atoms with Gasteiger partial charge in [-0.05, 0) is 43.4 Å². The van der Waals surface area contributed by atoms with E-state index in [1.54, 1.807) is 18.2 Å². The molecule has 0 radical (unpaired) electrons. The number of halogens is 2. The molecule has 2 rings (SSSR count). The number of para-hydroxylation sites is 3. The zero-order valence-electron chi connectivity index (χ0n) is 11.3. The van der Waals surface area contributed by atoms with Gasteiger partial charge in [0.25, 0.3) is 0 Å². The summed E-state index contributed by atoms with van der Waals surface area (Å²) in [5.41, 5.74) is 1.35. The first kappa shape index (κ1) is 15.9. The molecule has 6 heteroatoms. The number of ether oxygens (including phenoxy) is 1. The number of hydrogen-bond donors (Lipinski definition) is 2. The molecule has 0 spiro atoms. The Morgan fingerprint density at radius 3 is 2.38 bits per heavy atom. The molecule has 0 aliphatic carbocycles. The van der Waals surface area contributed by atoms with Crippen LogP contribution in [0.5, 0.6) is 5.75 Å². The summed E-state index contributed by atoms with van der Waals surface area (Å²) in [5, 5.41) is 7.47. The fourth-order valence-corrected chi connectivity index (χ4v) is 2.44. The molecule has 0 saturated heterocycles. The predicted molar refractivity (Wildman–Crippen MR) is 93.9 cm³/mol. The Bertz CT molecular complexity index is 629. The van der Waals surface area contributed by atoms with E-state index in [4.69, 9.17) is 40.2 Å². The Morgan fingerprint density at radius 1 is 1.05 bits per heavy atom. The van der Waals surface area contributed by atoms with Gasteiger partial charge >= 0.3 is 0 Å². The third-order valence-corrected chi connectivity index (χ3v) is 3.47. The maximum atomic E-state index is 6.10. The van der Waals surface area contributed by atoms with E-state index in [0.717, 1.165) is 11.4 Å². The highest BCUT2D eigenvalue weighted by Crippen LogP contribution is 2.30. The second-order valence-corrected chi connectivity index (χ2v) is 5.33. The van der Waals surface area contributed by atoms with Crippen molar-refractivity contribution in [3.05, 3.63) is 52.5 Å². The minimum atomic E-state index is 0.386. The average molecular weight is 341 g/mol. The summed E-state index contributed by atoms with van der Waals surface area (Å²) < 4.78 is 5.53. The first-order chi connectivity index (χ1) is 10.1. The highest BCUT2D eigenvalue weighted by atomic mass is 35.5. The van der Waals surface area contributed by atoms with Crippen molar-refractivity contribution in [2.45, 2.75) is 6.92 Å². The van der Waals surface area contributed by atoms with Gasteiger partial charge in [0.2, 0.25) is 0 Å². The van der Waals surface area contributed by atoms with Crippen LogP contribution in [0.1, 0.15) is 6.92 Å². The van der Waals surface area contributed by atoms with E-state index in [-0.39, 0.29) is 0 Å². The molecule has 0 aliphatic heterocycles. The molecule has 0 heterocycles. The van der Waals surface area contributed by atoms with Crippen molar-refractivity contribution in [3.8, 4) is 5.75 Å². The highest BCUT2D eigenvalue weighted by Gasteiger charge is 2.09. The van der Waals surface area contributed by atoms with Crippen molar-refractivity contribution < 1.29 is 4.74 Å². The summed E-state index contributed by atoms with van der Waals surface area (Å²) in [6.07, 6.45) is 0. The number of anilines is 2. The van der Waals surface area contributed by atoms with Crippen molar-refractivity contribution in [2.24, 2.45) is 0 Å². The second-order valence-electron chi connectivity index (χ2n) is 4.10.